The molecule has 33 heavy (non-hydrogen) atoms. The summed E-state index contributed by atoms with van der Waals surface area (Å²) in [6, 6.07) is 21.8. The lowest BCUT2D eigenvalue weighted by Gasteiger charge is -2.13. The first-order chi connectivity index (χ1) is 16.0. The van der Waals surface area contributed by atoms with Crippen molar-refractivity contribution in [2.75, 3.05) is 0 Å². The molecule has 162 valence electrons. The maximum absolute atomic E-state index is 14.4. The van der Waals surface area contributed by atoms with E-state index in [0.29, 0.717) is 5.52 Å². The highest BCUT2D eigenvalue weighted by molar-refractivity contribution is 5.92. The fourth-order valence-electron chi connectivity index (χ4n) is 3.87. The monoisotopic (exact) mass is 439 g/mol. The molecule has 0 spiro atoms. The largest absolute Gasteiger partial charge is 0.477 e. The Balaban J connectivity index is 1.48. The number of fused-ring (bicyclic) bond motifs is 1. The molecule has 0 bridgehead atoms. The van der Waals surface area contributed by atoms with Gasteiger partial charge in [-0.05, 0) is 29.8 Å². The van der Waals surface area contributed by atoms with Crippen LogP contribution in [0, 0.1) is 5.82 Å². The molecule has 0 saturated carbocycles. The van der Waals surface area contributed by atoms with E-state index in [1.807, 2.05) is 65.4 Å². The summed E-state index contributed by atoms with van der Waals surface area (Å²) in [5.74, 6) is -2.12. The highest BCUT2D eigenvalue weighted by atomic mass is 19.1. The lowest BCUT2D eigenvalue weighted by atomic mass is 10.1. The first kappa shape index (κ1) is 20.4. The van der Waals surface area contributed by atoms with Crippen LogP contribution in [0.3, 0.4) is 0 Å². The van der Waals surface area contributed by atoms with Gasteiger partial charge in [0.25, 0.3) is 0 Å². The molecule has 2 heterocycles. The van der Waals surface area contributed by atoms with Crippen LogP contribution in [-0.2, 0) is 6.54 Å². The number of aromatic nitrogens is 3. The molecule has 0 aliphatic heterocycles. The molecule has 3 aromatic carbocycles. The Morgan fingerprint density at radius 2 is 1.70 bits per heavy atom. The molecule has 0 atom stereocenters. The minimum Gasteiger partial charge on any atom is -0.477 e. The summed E-state index contributed by atoms with van der Waals surface area (Å²) in [5, 5.41) is 9.19. The number of nitrogens with zero attached hydrogens (tertiary/aromatic N) is 3. The van der Waals surface area contributed by atoms with Crippen LogP contribution >= 0.6 is 0 Å². The van der Waals surface area contributed by atoms with E-state index in [1.165, 1.54) is 12.3 Å². The van der Waals surface area contributed by atoms with Crippen molar-refractivity contribution in [3.8, 4) is 16.9 Å². The van der Waals surface area contributed by atoms with Crippen LogP contribution in [0.1, 0.15) is 15.9 Å². The average molecular weight is 439 g/mol. The number of carboxylic acids is 1. The van der Waals surface area contributed by atoms with E-state index >= 15 is 0 Å². The van der Waals surface area contributed by atoms with Crippen molar-refractivity contribution in [3.63, 3.8) is 0 Å². The molecule has 5 rings (SSSR count). The Morgan fingerprint density at radius 3 is 2.42 bits per heavy atom. The molecule has 7 heteroatoms. The van der Waals surface area contributed by atoms with Gasteiger partial charge >= 0.3 is 5.97 Å². The SMILES string of the molecule is O=C(O)c1cn(Cc2ccc(-n3cnc(-c4ccccc4)c3)cc2)c2cccc(F)c2c1=O. The number of benzene rings is 3. The third-order valence-electron chi connectivity index (χ3n) is 5.53. The molecule has 2 aromatic heterocycles. The molecule has 0 aliphatic rings. The lowest BCUT2D eigenvalue weighted by molar-refractivity contribution is 0.0695. The number of aromatic carboxylic acids is 1. The van der Waals surface area contributed by atoms with Gasteiger partial charge in [-0.15, -0.1) is 0 Å². The van der Waals surface area contributed by atoms with E-state index in [0.717, 1.165) is 28.6 Å². The van der Waals surface area contributed by atoms with Crippen molar-refractivity contribution in [2.45, 2.75) is 6.54 Å². The number of pyridine rings is 1. The first-order valence-corrected chi connectivity index (χ1v) is 10.2. The molecular formula is C26H18FN3O3. The van der Waals surface area contributed by atoms with Crippen LogP contribution in [0.2, 0.25) is 0 Å². The lowest BCUT2D eigenvalue weighted by Crippen LogP contribution is -2.20. The standard InChI is InChI=1S/C26H18FN3O3/c27-21-7-4-8-23-24(21)25(31)20(26(32)33)14-29(23)13-17-9-11-19(12-10-17)30-15-22(28-16-30)18-5-2-1-3-6-18/h1-12,14-16H,13H2,(H,32,33). The highest BCUT2D eigenvalue weighted by Crippen LogP contribution is 2.20. The molecular weight excluding hydrogens is 421 g/mol. The summed E-state index contributed by atoms with van der Waals surface area (Å²) >= 11 is 0. The second-order valence-corrected chi connectivity index (χ2v) is 7.64. The quantitative estimate of drug-likeness (QED) is 0.429. The molecule has 0 aliphatic carbocycles. The third-order valence-corrected chi connectivity index (χ3v) is 5.53. The number of rotatable bonds is 5. The van der Waals surface area contributed by atoms with Crippen molar-refractivity contribution in [3.05, 3.63) is 119 Å². The van der Waals surface area contributed by atoms with E-state index in [4.69, 9.17) is 0 Å². The molecule has 0 fully saturated rings. The summed E-state index contributed by atoms with van der Waals surface area (Å²) in [6.07, 6.45) is 4.96. The molecule has 0 radical (unpaired) electrons. The van der Waals surface area contributed by atoms with Gasteiger partial charge in [-0.1, -0.05) is 48.5 Å². The summed E-state index contributed by atoms with van der Waals surface area (Å²) in [7, 11) is 0. The van der Waals surface area contributed by atoms with Crippen molar-refractivity contribution in [1.82, 2.24) is 14.1 Å². The second kappa shape index (κ2) is 8.20. The maximum Gasteiger partial charge on any atom is 0.341 e. The zero-order valence-electron chi connectivity index (χ0n) is 17.4. The van der Waals surface area contributed by atoms with Crippen LogP contribution in [0.5, 0.6) is 0 Å². The smallest absolute Gasteiger partial charge is 0.341 e. The van der Waals surface area contributed by atoms with Gasteiger partial charge < -0.3 is 14.2 Å². The summed E-state index contributed by atoms with van der Waals surface area (Å²) in [4.78, 5) is 28.5. The van der Waals surface area contributed by atoms with Gasteiger partial charge in [-0.3, -0.25) is 4.79 Å². The Morgan fingerprint density at radius 1 is 0.939 bits per heavy atom. The van der Waals surface area contributed by atoms with E-state index in [1.54, 1.807) is 17.0 Å². The Hall–Kier alpha value is -4.52. The van der Waals surface area contributed by atoms with Crippen LogP contribution < -0.4 is 5.43 Å². The topological polar surface area (TPSA) is 77.1 Å². The van der Waals surface area contributed by atoms with E-state index in [9.17, 15) is 19.1 Å². The Kier molecular flexibility index (Phi) is 5.06. The van der Waals surface area contributed by atoms with Crippen LogP contribution in [0.15, 0.2) is 96.3 Å². The zero-order valence-corrected chi connectivity index (χ0v) is 17.4. The van der Waals surface area contributed by atoms with Gasteiger partial charge in [-0.25, -0.2) is 14.2 Å². The van der Waals surface area contributed by atoms with Gasteiger partial charge in [0.1, 0.15) is 11.4 Å². The van der Waals surface area contributed by atoms with Crippen LogP contribution in [-0.4, -0.2) is 25.2 Å². The number of hydrogen-bond acceptors (Lipinski definition) is 3. The minimum atomic E-state index is -1.39. The number of carboxylic acid groups (broad SMARTS) is 1. The normalized spacial score (nSPS) is 11.1. The Bertz CT molecular complexity index is 1540. The van der Waals surface area contributed by atoms with Gasteiger partial charge in [0.05, 0.1) is 22.9 Å². The first-order valence-electron chi connectivity index (χ1n) is 10.2. The van der Waals surface area contributed by atoms with Crippen molar-refractivity contribution in [1.29, 1.82) is 0 Å². The fourth-order valence-corrected chi connectivity index (χ4v) is 3.87. The van der Waals surface area contributed by atoms with Gasteiger partial charge in [0.15, 0.2) is 0 Å². The second-order valence-electron chi connectivity index (χ2n) is 7.64. The average Bonchev–Trinajstić information content (AvgIpc) is 3.32. The number of halogens is 1. The molecule has 0 unspecified atom stereocenters. The van der Waals surface area contributed by atoms with Crippen LogP contribution in [0.25, 0.3) is 27.8 Å². The fraction of sp³-hybridized carbons (Fsp3) is 0.0385. The summed E-state index contributed by atoms with van der Waals surface area (Å²) in [6.45, 7) is 0.278. The summed E-state index contributed by atoms with van der Waals surface area (Å²) < 4.78 is 17.9. The van der Waals surface area contributed by atoms with Crippen molar-refractivity contribution in [2.24, 2.45) is 0 Å². The molecule has 1 N–H and O–H groups in total. The van der Waals surface area contributed by atoms with E-state index < -0.39 is 22.8 Å². The number of carbonyl (C=O) groups is 1. The predicted octanol–water partition coefficient (Wildman–Crippen LogP) is 4.74. The van der Waals surface area contributed by atoms with Crippen molar-refractivity contribution < 1.29 is 14.3 Å². The van der Waals surface area contributed by atoms with Gasteiger partial charge in [-0.2, -0.15) is 0 Å². The number of imidazole rings is 1. The zero-order chi connectivity index (χ0) is 22.9. The molecule has 0 saturated heterocycles. The summed E-state index contributed by atoms with van der Waals surface area (Å²) in [5.41, 5.74) is 2.73. The van der Waals surface area contributed by atoms with Crippen LogP contribution in [0.4, 0.5) is 4.39 Å². The number of hydrogen-bond donors (Lipinski definition) is 1. The predicted molar refractivity (Wildman–Crippen MR) is 123 cm³/mol. The Labute approximate surface area is 187 Å². The highest BCUT2D eigenvalue weighted by Gasteiger charge is 2.17. The van der Waals surface area contributed by atoms with Gasteiger partial charge in [0, 0.05) is 30.2 Å². The molecule has 5 aromatic rings. The van der Waals surface area contributed by atoms with E-state index in [-0.39, 0.29) is 11.9 Å². The molecule has 0 amide bonds. The maximum atomic E-state index is 14.4. The van der Waals surface area contributed by atoms with E-state index in [2.05, 4.69) is 4.98 Å². The minimum absolute atomic E-state index is 0.221. The molecule has 6 nitrogen and oxygen atoms in total. The van der Waals surface area contributed by atoms with Gasteiger partial charge in [0.2, 0.25) is 5.43 Å². The third kappa shape index (κ3) is 3.80. The van der Waals surface area contributed by atoms with Crippen molar-refractivity contribution >= 4 is 16.9 Å².